The number of likely N-dealkylation sites (N-methyl/N-ethyl adjacent to an activating group) is 2. The molecule has 4 aromatic carbocycles. The molecule has 0 saturated heterocycles. The lowest BCUT2D eigenvalue weighted by atomic mass is 9.92. The van der Waals surface area contributed by atoms with Gasteiger partial charge in [-0.05, 0) is 58.1 Å². The third kappa shape index (κ3) is 6.49. The second-order valence-electron chi connectivity index (χ2n) is 13.9. The fourth-order valence-electron chi connectivity index (χ4n) is 6.42. The third-order valence-electron chi connectivity index (χ3n) is 9.19. The molecule has 0 saturated carbocycles. The molecule has 2 aliphatic rings. The summed E-state index contributed by atoms with van der Waals surface area (Å²) >= 11 is 0. The molecule has 248 valence electrons. The van der Waals surface area contributed by atoms with Gasteiger partial charge >= 0.3 is 0 Å². The van der Waals surface area contributed by atoms with Gasteiger partial charge < -0.3 is 9.80 Å². The Labute approximate surface area is 286 Å². The Morgan fingerprint density at radius 3 is 1.02 bits per heavy atom. The van der Waals surface area contributed by atoms with E-state index < -0.39 is 0 Å². The van der Waals surface area contributed by atoms with Crippen LogP contribution in [0.1, 0.15) is 112 Å². The Kier molecular flexibility index (Phi) is 10.1. The second kappa shape index (κ2) is 14.1. The summed E-state index contributed by atoms with van der Waals surface area (Å²) < 4.78 is 0. The van der Waals surface area contributed by atoms with E-state index in [-0.39, 0.29) is 11.8 Å². The van der Waals surface area contributed by atoms with E-state index in [1.54, 1.807) is 23.9 Å². The van der Waals surface area contributed by atoms with Gasteiger partial charge in [-0.15, -0.1) is 0 Å². The van der Waals surface area contributed by atoms with Crippen molar-refractivity contribution in [1.29, 1.82) is 0 Å². The first kappa shape index (κ1) is 34.5. The number of carbonyl (C=O) groups is 2. The fourth-order valence-corrected chi connectivity index (χ4v) is 6.42. The molecular formula is C42H48N4O2. The van der Waals surface area contributed by atoms with E-state index in [9.17, 15) is 9.59 Å². The Balaban J connectivity index is 0.000000188. The van der Waals surface area contributed by atoms with E-state index in [0.29, 0.717) is 35.1 Å². The van der Waals surface area contributed by atoms with Gasteiger partial charge in [0.05, 0.1) is 22.7 Å². The normalized spacial score (nSPS) is 15.7. The molecule has 0 N–H and O–H groups in total. The molecule has 6 nitrogen and oxygen atoms in total. The van der Waals surface area contributed by atoms with Crippen LogP contribution in [0.2, 0.25) is 0 Å². The third-order valence-corrected chi connectivity index (χ3v) is 9.19. The summed E-state index contributed by atoms with van der Waals surface area (Å²) in [5, 5.41) is 0. The molecule has 0 unspecified atom stereocenters. The van der Waals surface area contributed by atoms with Crippen molar-refractivity contribution in [3.05, 3.63) is 118 Å². The summed E-state index contributed by atoms with van der Waals surface area (Å²) in [5.41, 5.74) is 11.4. The van der Waals surface area contributed by atoms with Crippen molar-refractivity contribution in [1.82, 2.24) is 0 Å². The lowest BCUT2D eigenvalue weighted by molar-refractivity contribution is -0.112. The molecule has 0 aliphatic carbocycles. The first-order valence-electron chi connectivity index (χ1n) is 17.0. The summed E-state index contributed by atoms with van der Waals surface area (Å²) in [6, 6.07) is 28.3. The van der Waals surface area contributed by atoms with Crippen LogP contribution in [0.25, 0.3) is 0 Å². The summed E-state index contributed by atoms with van der Waals surface area (Å²) in [7, 11) is 3.61. The van der Waals surface area contributed by atoms with Crippen molar-refractivity contribution in [2.45, 2.75) is 79.1 Å². The van der Waals surface area contributed by atoms with E-state index >= 15 is 0 Å². The zero-order valence-corrected chi connectivity index (χ0v) is 30.0. The van der Waals surface area contributed by atoms with Crippen LogP contribution in [0.3, 0.4) is 0 Å². The number of benzene rings is 4. The van der Waals surface area contributed by atoms with E-state index in [4.69, 9.17) is 9.98 Å². The van der Waals surface area contributed by atoms with Gasteiger partial charge in [-0.25, -0.2) is 9.98 Å². The Morgan fingerprint density at radius 2 is 0.729 bits per heavy atom. The molecular weight excluding hydrogens is 592 g/mol. The highest BCUT2D eigenvalue weighted by atomic mass is 16.2. The number of hydrogen-bond donors (Lipinski definition) is 0. The number of hydrogen-bond acceptors (Lipinski definition) is 4. The highest BCUT2D eigenvalue weighted by Crippen LogP contribution is 2.39. The molecule has 6 heteroatoms. The standard InChI is InChI=1S/2C21H24N2O/c2*1-13(2)15-10-8-11-16(14(3)4)19(15)22-20-17-9-6-7-12-18(17)23(5)21(20)24/h2*6-14H,1-5H3. The van der Waals surface area contributed by atoms with Gasteiger partial charge in [-0.3, -0.25) is 9.59 Å². The smallest absolute Gasteiger partial charge is 0.277 e. The molecule has 48 heavy (non-hydrogen) atoms. The molecule has 0 fully saturated rings. The predicted octanol–water partition coefficient (Wildman–Crippen LogP) is 10.1. The van der Waals surface area contributed by atoms with Crippen molar-refractivity contribution in [3.8, 4) is 0 Å². The molecule has 0 aromatic heterocycles. The molecule has 0 spiro atoms. The number of para-hydroxylation sites is 4. The van der Waals surface area contributed by atoms with Gasteiger partial charge in [-0.1, -0.05) is 128 Å². The van der Waals surface area contributed by atoms with Crippen LogP contribution in [-0.4, -0.2) is 37.3 Å². The van der Waals surface area contributed by atoms with Crippen LogP contribution in [0.15, 0.2) is 94.9 Å². The topological polar surface area (TPSA) is 65.3 Å². The molecule has 0 atom stereocenters. The molecule has 2 amide bonds. The molecule has 4 aromatic rings. The number of fused-ring (bicyclic) bond motifs is 2. The number of aliphatic imine (C=N–C) groups is 2. The summed E-state index contributed by atoms with van der Waals surface area (Å²) in [6.45, 7) is 17.3. The van der Waals surface area contributed by atoms with Gasteiger partial charge in [0.1, 0.15) is 11.4 Å². The largest absolute Gasteiger partial charge is 0.309 e. The number of rotatable bonds is 6. The quantitative estimate of drug-likeness (QED) is 0.211. The first-order chi connectivity index (χ1) is 22.8. The molecule has 0 bridgehead atoms. The highest BCUT2D eigenvalue weighted by Gasteiger charge is 2.33. The van der Waals surface area contributed by atoms with Gasteiger partial charge in [0.2, 0.25) is 0 Å². The zero-order chi connectivity index (χ0) is 34.9. The van der Waals surface area contributed by atoms with Gasteiger partial charge in [-0.2, -0.15) is 0 Å². The van der Waals surface area contributed by atoms with Crippen LogP contribution in [0.4, 0.5) is 22.7 Å². The van der Waals surface area contributed by atoms with Gasteiger partial charge in [0.25, 0.3) is 11.8 Å². The van der Waals surface area contributed by atoms with E-state index in [0.717, 1.165) is 33.9 Å². The van der Waals surface area contributed by atoms with Crippen LogP contribution >= 0.6 is 0 Å². The Hall–Kier alpha value is -4.84. The average Bonchev–Trinajstić information content (AvgIpc) is 3.45. The number of anilines is 2. The van der Waals surface area contributed by atoms with Crippen LogP contribution in [-0.2, 0) is 9.59 Å². The highest BCUT2D eigenvalue weighted by molar-refractivity contribution is 6.55. The maximum atomic E-state index is 12.7. The summed E-state index contributed by atoms with van der Waals surface area (Å²) in [5.74, 6) is 1.34. The fraction of sp³-hybridized carbons (Fsp3) is 0.333. The van der Waals surface area contributed by atoms with Crippen molar-refractivity contribution in [3.63, 3.8) is 0 Å². The average molecular weight is 641 g/mol. The minimum atomic E-state index is -0.0375. The van der Waals surface area contributed by atoms with Gasteiger partial charge in [0.15, 0.2) is 0 Å². The number of amides is 2. The predicted molar refractivity (Wildman–Crippen MR) is 201 cm³/mol. The maximum absolute atomic E-state index is 12.7. The zero-order valence-electron chi connectivity index (χ0n) is 30.0. The van der Waals surface area contributed by atoms with Gasteiger partial charge in [0, 0.05) is 25.2 Å². The first-order valence-corrected chi connectivity index (χ1v) is 17.0. The Morgan fingerprint density at radius 1 is 0.438 bits per heavy atom. The van der Waals surface area contributed by atoms with Crippen LogP contribution < -0.4 is 9.80 Å². The minimum Gasteiger partial charge on any atom is -0.309 e. The maximum Gasteiger partial charge on any atom is 0.277 e. The SMILES string of the molecule is CC(C)c1cccc(C(C)C)c1N=C1C(=O)N(C)c2ccccc21.CC(C)c1cccc(C(C)C)c1N=C1C(=O)N(C)c2ccccc21. The van der Waals surface area contributed by atoms with Crippen LogP contribution in [0, 0.1) is 0 Å². The van der Waals surface area contributed by atoms with Crippen molar-refractivity contribution in [2.24, 2.45) is 9.98 Å². The van der Waals surface area contributed by atoms with E-state index in [2.05, 4.69) is 91.8 Å². The summed E-state index contributed by atoms with van der Waals surface area (Å²) in [6.07, 6.45) is 0. The van der Waals surface area contributed by atoms with Crippen LogP contribution in [0.5, 0.6) is 0 Å². The Bertz CT molecular complexity index is 1720. The monoisotopic (exact) mass is 640 g/mol. The van der Waals surface area contributed by atoms with Crippen molar-refractivity contribution in [2.75, 3.05) is 23.9 Å². The lowest BCUT2D eigenvalue weighted by Crippen LogP contribution is -2.25. The van der Waals surface area contributed by atoms with E-state index in [1.807, 2.05) is 48.5 Å². The van der Waals surface area contributed by atoms with E-state index in [1.165, 1.54) is 22.3 Å². The lowest BCUT2D eigenvalue weighted by Gasteiger charge is -2.16. The second-order valence-corrected chi connectivity index (χ2v) is 13.9. The minimum absolute atomic E-state index is 0.0375. The molecule has 6 rings (SSSR count). The van der Waals surface area contributed by atoms with Crippen molar-refractivity contribution < 1.29 is 9.59 Å². The van der Waals surface area contributed by atoms with Crippen molar-refractivity contribution >= 4 is 46.0 Å². The number of carbonyl (C=O) groups excluding carboxylic acids is 2. The molecule has 0 radical (unpaired) electrons. The molecule has 2 aliphatic heterocycles. The number of nitrogens with zero attached hydrogens (tertiary/aromatic N) is 4. The molecule has 2 heterocycles. The summed E-state index contributed by atoms with van der Waals surface area (Å²) in [4.78, 5) is 38.6.